The number of imidazole rings is 1. The molecule has 1 amide bonds. The highest BCUT2D eigenvalue weighted by Gasteiger charge is 2.35. The molecule has 0 unspecified atom stereocenters. The number of halogens is 1. The summed E-state index contributed by atoms with van der Waals surface area (Å²) in [4.78, 5) is 16.2. The van der Waals surface area contributed by atoms with Crippen molar-refractivity contribution in [1.82, 2.24) is 9.55 Å². The van der Waals surface area contributed by atoms with Gasteiger partial charge in [0.05, 0.1) is 23.4 Å². The Kier molecular flexibility index (Phi) is 2.91. The zero-order chi connectivity index (χ0) is 16.1. The van der Waals surface area contributed by atoms with Crippen LogP contribution in [0.4, 0.5) is 4.39 Å². The van der Waals surface area contributed by atoms with E-state index in [1.165, 1.54) is 12.1 Å². The van der Waals surface area contributed by atoms with Crippen LogP contribution in [0.1, 0.15) is 40.5 Å². The summed E-state index contributed by atoms with van der Waals surface area (Å²) in [6.07, 6.45) is 7.38. The number of carbonyl (C=O) groups excluding carboxylic acids is 1. The number of terminal acetylenes is 1. The zero-order valence-electron chi connectivity index (χ0n) is 12.3. The van der Waals surface area contributed by atoms with E-state index in [1.54, 1.807) is 0 Å². The molecule has 0 radical (unpaired) electrons. The van der Waals surface area contributed by atoms with Crippen LogP contribution in [0.3, 0.4) is 0 Å². The molecule has 0 bridgehead atoms. The minimum Gasteiger partial charge on any atom is -0.491 e. The highest BCUT2D eigenvalue weighted by molar-refractivity contribution is 5.93. The lowest BCUT2D eigenvalue weighted by molar-refractivity contribution is 0.0994. The van der Waals surface area contributed by atoms with Crippen LogP contribution in [0.5, 0.6) is 5.75 Å². The molecule has 1 fully saturated rings. The highest BCUT2D eigenvalue weighted by Crippen LogP contribution is 2.45. The average Bonchev–Trinajstić information content (AvgIpc) is 3.31. The molecular weight excluding hydrogens is 297 g/mol. The summed E-state index contributed by atoms with van der Waals surface area (Å²) >= 11 is 0. The molecule has 4 rings (SSSR count). The Balaban J connectivity index is 1.99. The third-order valence-corrected chi connectivity index (χ3v) is 4.24. The number of fused-ring (bicyclic) bond motifs is 3. The molecule has 1 saturated carbocycles. The summed E-state index contributed by atoms with van der Waals surface area (Å²) in [5.41, 5.74) is 7.37. The minimum atomic E-state index is -0.547. The molecule has 0 saturated heterocycles. The molecule has 2 heterocycles. The number of carbonyl (C=O) groups is 1. The quantitative estimate of drug-likeness (QED) is 0.863. The van der Waals surface area contributed by atoms with E-state index in [2.05, 4.69) is 10.9 Å². The number of nitrogens with zero attached hydrogens (tertiary/aromatic N) is 2. The third-order valence-electron chi connectivity index (χ3n) is 4.24. The van der Waals surface area contributed by atoms with E-state index in [1.807, 2.05) is 4.57 Å². The van der Waals surface area contributed by atoms with Gasteiger partial charge in [-0.1, -0.05) is 5.92 Å². The Morgan fingerprint density at radius 3 is 2.91 bits per heavy atom. The van der Waals surface area contributed by atoms with E-state index < -0.39 is 11.7 Å². The van der Waals surface area contributed by atoms with Crippen molar-refractivity contribution < 1.29 is 13.9 Å². The van der Waals surface area contributed by atoms with Gasteiger partial charge in [-0.15, -0.1) is 6.42 Å². The molecule has 2 N–H and O–H groups in total. The molecule has 5 nitrogen and oxygen atoms in total. The molecule has 0 atom stereocenters. The van der Waals surface area contributed by atoms with Crippen LogP contribution in [0.15, 0.2) is 12.1 Å². The number of benzene rings is 1. The van der Waals surface area contributed by atoms with Gasteiger partial charge < -0.3 is 15.0 Å². The van der Waals surface area contributed by atoms with E-state index in [9.17, 15) is 9.18 Å². The lowest BCUT2D eigenvalue weighted by Gasteiger charge is -2.08. The van der Waals surface area contributed by atoms with Crippen LogP contribution in [0.25, 0.3) is 11.4 Å². The Bertz CT molecular complexity index is 875. The topological polar surface area (TPSA) is 70.1 Å². The Morgan fingerprint density at radius 1 is 1.48 bits per heavy atom. The van der Waals surface area contributed by atoms with Crippen molar-refractivity contribution in [3.05, 3.63) is 34.9 Å². The summed E-state index contributed by atoms with van der Waals surface area (Å²) in [6, 6.07) is 2.81. The van der Waals surface area contributed by atoms with E-state index in [0.29, 0.717) is 41.9 Å². The fourth-order valence-corrected chi connectivity index (χ4v) is 3.06. The first-order chi connectivity index (χ1) is 11.1. The first-order valence-electron chi connectivity index (χ1n) is 7.43. The molecule has 2 aromatic rings. The number of hydrogen-bond acceptors (Lipinski definition) is 3. The largest absolute Gasteiger partial charge is 0.491 e. The van der Waals surface area contributed by atoms with E-state index in [0.717, 1.165) is 18.5 Å². The number of ether oxygens (including phenoxy) is 1. The van der Waals surface area contributed by atoms with Crippen LogP contribution >= 0.6 is 0 Å². The predicted molar refractivity (Wildman–Crippen MR) is 81.5 cm³/mol. The van der Waals surface area contributed by atoms with Crippen LogP contribution in [-0.2, 0) is 6.54 Å². The lowest BCUT2D eigenvalue weighted by atomic mass is 10.1. The minimum absolute atomic E-state index is 0.136. The smallest absolute Gasteiger partial charge is 0.269 e. The summed E-state index contributed by atoms with van der Waals surface area (Å²) in [5.74, 6) is 2.50. The zero-order valence-corrected chi connectivity index (χ0v) is 12.3. The molecule has 23 heavy (non-hydrogen) atoms. The van der Waals surface area contributed by atoms with Gasteiger partial charge in [-0.2, -0.15) is 0 Å². The predicted octanol–water partition coefficient (Wildman–Crippen LogP) is 2.04. The van der Waals surface area contributed by atoms with Crippen molar-refractivity contribution in [3.8, 4) is 29.5 Å². The first kappa shape index (κ1) is 13.8. The number of primary amides is 1. The molecule has 1 aliphatic carbocycles. The van der Waals surface area contributed by atoms with Crippen molar-refractivity contribution in [2.75, 3.05) is 6.61 Å². The van der Waals surface area contributed by atoms with Gasteiger partial charge in [-0.3, -0.25) is 4.79 Å². The number of nitrogens with two attached hydrogens (primary N) is 1. The van der Waals surface area contributed by atoms with Crippen LogP contribution in [0.2, 0.25) is 0 Å². The van der Waals surface area contributed by atoms with Crippen molar-refractivity contribution in [2.45, 2.75) is 25.3 Å². The SMILES string of the molecule is C#Cc1cc2c(cc1F)OCCn1c-2nc(C(N)=O)c1C1CC1. The van der Waals surface area contributed by atoms with Gasteiger partial charge in [0.2, 0.25) is 0 Å². The maximum Gasteiger partial charge on any atom is 0.269 e. The Morgan fingerprint density at radius 2 is 2.26 bits per heavy atom. The van der Waals surface area contributed by atoms with Gasteiger partial charge >= 0.3 is 0 Å². The maximum atomic E-state index is 13.9. The van der Waals surface area contributed by atoms with Gasteiger partial charge in [0.1, 0.15) is 29.7 Å². The maximum absolute atomic E-state index is 13.9. The second-order valence-corrected chi connectivity index (χ2v) is 5.78. The molecule has 116 valence electrons. The van der Waals surface area contributed by atoms with Gasteiger partial charge in [0.15, 0.2) is 0 Å². The summed E-state index contributed by atoms with van der Waals surface area (Å²) in [5, 5.41) is 0. The Labute approximate surface area is 132 Å². The fraction of sp³-hybridized carbons (Fsp3) is 0.294. The molecular formula is C17H14FN3O2. The van der Waals surface area contributed by atoms with Crippen LogP contribution in [-0.4, -0.2) is 22.1 Å². The second kappa shape index (κ2) is 4.85. The van der Waals surface area contributed by atoms with Gasteiger partial charge in [0, 0.05) is 12.0 Å². The standard InChI is InChI=1S/C17H14FN3O2/c1-2-9-7-11-13(8-12(9)18)23-6-5-21-15(10-3-4-10)14(16(19)22)20-17(11)21/h1,7-8,10H,3-6H2,(H2,19,22). The Hall–Kier alpha value is -2.81. The third kappa shape index (κ3) is 2.08. The van der Waals surface area contributed by atoms with Gasteiger partial charge in [0.25, 0.3) is 5.91 Å². The lowest BCUT2D eigenvalue weighted by Crippen LogP contribution is -2.16. The summed E-state index contributed by atoms with van der Waals surface area (Å²) in [7, 11) is 0. The van der Waals surface area contributed by atoms with E-state index >= 15 is 0 Å². The molecule has 1 aliphatic heterocycles. The van der Waals surface area contributed by atoms with Crippen LogP contribution < -0.4 is 10.5 Å². The van der Waals surface area contributed by atoms with Gasteiger partial charge in [-0.25, -0.2) is 9.37 Å². The highest BCUT2D eigenvalue weighted by atomic mass is 19.1. The van der Waals surface area contributed by atoms with Gasteiger partial charge in [-0.05, 0) is 18.9 Å². The molecule has 6 heteroatoms. The van der Waals surface area contributed by atoms with Crippen molar-refractivity contribution in [3.63, 3.8) is 0 Å². The normalized spacial score (nSPS) is 15.8. The molecule has 0 spiro atoms. The summed E-state index contributed by atoms with van der Waals surface area (Å²) < 4.78 is 21.5. The average molecular weight is 311 g/mol. The number of aromatic nitrogens is 2. The van der Waals surface area contributed by atoms with Crippen molar-refractivity contribution >= 4 is 5.91 Å². The fourth-order valence-electron chi connectivity index (χ4n) is 3.06. The molecule has 1 aromatic heterocycles. The first-order valence-corrected chi connectivity index (χ1v) is 7.43. The summed E-state index contributed by atoms with van der Waals surface area (Å²) in [6.45, 7) is 0.895. The number of rotatable bonds is 2. The van der Waals surface area contributed by atoms with Crippen LogP contribution in [0, 0.1) is 18.2 Å². The molecule has 2 aliphatic rings. The molecule has 1 aromatic carbocycles. The number of hydrogen-bond donors (Lipinski definition) is 1. The van der Waals surface area contributed by atoms with Crippen molar-refractivity contribution in [1.29, 1.82) is 0 Å². The van der Waals surface area contributed by atoms with E-state index in [4.69, 9.17) is 16.9 Å². The monoisotopic (exact) mass is 311 g/mol. The second-order valence-electron chi connectivity index (χ2n) is 5.78. The number of amides is 1. The van der Waals surface area contributed by atoms with Crippen molar-refractivity contribution in [2.24, 2.45) is 5.73 Å². The van der Waals surface area contributed by atoms with E-state index in [-0.39, 0.29) is 5.56 Å².